The average Bonchev–Trinajstić information content (AvgIpc) is 3.42. The van der Waals surface area contributed by atoms with Crippen molar-refractivity contribution in [1.82, 2.24) is 24.7 Å². The van der Waals surface area contributed by atoms with Crippen LogP contribution in [0.1, 0.15) is 35.5 Å². The predicted molar refractivity (Wildman–Crippen MR) is 125 cm³/mol. The third-order valence-corrected chi connectivity index (χ3v) is 6.04. The second kappa shape index (κ2) is 10.7. The fourth-order valence-corrected chi connectivity index (χ4v) is 4.36. The van der Waals surface area contributed by atoms with E-state index in [0.29, 0.717) is 19.1 Å². The van der Waals surface area contributed by atoms with E-state index in [9.17, 15) is 4.79 Å². The zero-order chi connectivity index (χ0) is 23.2. The van der Waals surface area contributed by atoms with Crippen LogP contribution in [0.3, 0.4) is 0 Å². The van der Waals surface area contributed by atoms with Crippen molar-refractivity contribution in [2.45, 2.75) is 46.3 Å². The predicted octanol–water partition coefficient (Wildman–Crippen LogP) is 3.44. The lowest BCUT2D eigenvalue weighted by atomic mass is 9.99. The monoisotopic (exact) mass is 451 g/mol. The Morgan fingerprint density at radius 3 is 2.73 bits per heavy atom. The molecule has 0 radical (unpaired) electrons. The van der Waals surface area contributed by atoms with Crippen molar-refractivity contribution < 1.29 is 14.1 Å². The van der Waals surface area contributed by atoms with Gasteiger partial charge in [0.1, 0.15) is 18.6 Å². The molecule has 0 N–H and O–H groups in total. The topological polar surface area (TPSA) is 76.6 Å². The number of nitrogens with zero attached hydrogens (tertiary/aromatic N) is 5. The van der Waals surface area contributed by atoms with Crippen LogP contribution in [-0.4, -0.2) is 57.4 Å². The molecule has 0 aliphatic carbocycles. The number of aryl methyl sites for hydroxylation is 2. The van der Waals surface area contributed by atoms with Gasteiger partial charge in [0.15, 0.2) is 0 Å². The third-order valence-electron chi connectivity index (χ3n) is 6.04. The van der Waals surface area contributed by atoms with Gasteiger partial charge in [0.2, 0.25) is 5.91 Å². The van der Waals surface area contributed by atoms with E-state index in [4.69, 9.17) is 9.26 Å². The van der Waals surface area contributed by atoms with E-state index in [1.165, 1.54) is 5.56 Å². The number of hydrogen-bond acceptors (Lipinski definition) is 6. The van der Waals surface area contributed by atoms with Crippen molar-refractivity contribution in [2.75, 3.05) is 26.7 Å². The number of likely N-dealkylation sites (tertiary alicyclic amines) is 1. The summed E-state index contributed by atoms with van der Waals surface area (Å²) in [5.74, 6) is 1.34. The Balaban J connectivity index is 1.23. The number of carbonyl (C=O) groups excluding carboxylic acids is 1. The molecule has 1 atom stereocenters. The van der Waals surface area contributed by atoms with Crippen LogP contribution in [0.15, 0.2) is 47.2 Å². The maximum absolute atomic E-state index is 12.8. The van der Waals surface area contributed by atoms with Crippen molar-refractivity contribution >= 4 is 5.91 Å². The Kier molecular flexibility index (Phi) is 7.44. The molecule has 3 heterocycles. The van der Waals surface area contributed by atoms with Gasteiger partial charge in [0, 0.05) is 43.9 Å². The molecule has 1 amide bonds. The lowest BCUT2D eigenvalue weighted by molar-refractivity contribution is -0.134. The molecular formula is C25H33N5O3. The fraction of sp³-hybridized carbons (Fsp3) is 0.480. The number of rotatable bonds is 9. The number of amides is 1. The van der Waals surface area contributed by atoms with Gasteiger partial charge < -0.3 is 14.2 Å². The largest absolute Gasteiger partial charge is 0.493 e. The molecule has 0 bridgehead atoms. The summed E-state index contributed by atoms with van der Waals surface area (Å²) in [6.07, 6.45) is 3.68. The van der Waals surface area contributed by atoms with Gasteiger partial charge in [0.05, 0.1) is 18.0 Å². The van der Waals surface area contributed by atoms with Crippen molar-refractivity contribution in [1.29, 1.82) is 0 Å². The van der Waals surface area contributed by atoms with Gasteiger partial charge in [-0.25, -0.2) is 0 Å². The van der Waals surface area contributed by atoms with E-state index in [1.54, 1.807) is 10.9 Å². The van der Waals surface area contributed by atoms with Crippen LogP contribution >= 0.6 is 0 Å². The number of ether oxygens (including phenoxy) is 1. The molecule has 1 aliphatic heterocycles. The third kappa shape index (κ3) is 6.44. The Morgan fingerprint density at radius 1 is 1.21 bits per heavy atom. The standard InChI is InChI=1S/C25H33N5O3/c1-19-13-20(2)30(26-19)17-25(31)29-11-4-5-22(15-29)18-32-24-8-6-21(7-9-24)14-28(3)16-23-10-12-33-27-23/h6-10,12-13,22H,4-5,11,14-18H2,1-3H3/t22-/m1/s1. The minimum Gasteiger partial charge on any atom is -0.493 e. The minimum absolute atomic E-state index is 0.130. The van der Waals surface area contributed by atoms with E-state index in [2.05, 4.69) is 34.3 Å². The number of piperidine rings is 1. The first-order chi connectivity index (χ1) is 16.0. The van der Waals surface area contributed by atoms with E-state index >= 15 is 0 Å². The number of benzene rings is 1. The summed E-state index contributed by atoms with van der Waals surface area (Å²) in [5.41, 5.74) is 4.10. The van der Waals surface area contributed by atoms with Gasteiger partial charge in [-0.15, -0.1) is 0 Å². The highest BCUT2D eigenvalue weighted by Gasteiger charge is 2.24. The second-order valence-electron chi connectivity index (χ2n) is 9.05. The molecule has 0 spiro atoms. The summed E-state index contributed by atoms with van der Waals surface area (Å²) < 4.78 is 12.8. The van der Waals surface area contributed by atoms with Crippen molar-refractivity contribution in [2.24, 2.45) is 5.92 Å². The van der Waals surface area contributed by atoms with Crippen LogP contribution in [0.5, 0.6) is 5.75 Å². The molecule has 8 nitrogen and oxygen atoms in total. The van der Waals surface area contributed by atoms with Gasteiger partial charge in [-0.2, -0.15) is 5.10 Å². The van der Waals surface area contributed by atoms with E-state index in [1.807, 2.05) is 43.0 Å². The summed E-state index contributed by atoms with van der Waals surface area (Å²) >= 11 is 0. The minimum atomic E-state index is 0.130. The normalized spacial score (nSPS) is 16.4. The van der Waals surface area contributed by atoms with Gasteiger partial charge in [0.25, 0.3) is 0 Å². The van der Waals surface area contributed by atoms with Gasteiger partial charge >= 0.3 is 0 Å². The van der Waals surface area contributed by atoms with Crippen LogP contribution in [-0.2, 0) is 24.4 Å². The Hall–Kier alpha value is -3.13. The summed E-state index contributed by atoms with van der Waals surface area (Å²) in [7, 11) is 2.06. The molecule has 2 aromatic heterocycles. The Morgan fingerprint density at radius 2 is 2.03 bits per heavy atom. The first-order valence-electron chi connectivity index (χ1n) is 11.5. The number of aromatic nitrogens is 3. The first-order valence-corrected chi connectivity index (χ1v) is 11.5. The van der Waals surface area contributed by atoms with Crippen molar-refractivity contribution in [3.8, 4) is 5.75 Å². The zero-order valence-corrected chi connectivity index (χ0v) is 19.7. The molecular weight excluding hydrogens is 418 g/mol. The van der Waals surface area contributed by atoms with Crippen molar-refractivity contribution in [3.05, 3.63) is 65.3 Å². The molecule has 1 saturated heterocycles. The molecule has 0 saturated carbocycles. The van der Waals surface area contributed by atoms with Gasteiger partial charge in [-0.3, -0.25) is 14.4 Å². The molecule has 0 unspecified atom stereocenters. The Bertz CT molecular complexity index is 1030. The number of hydrogen-bond donors (Lipinski definition) is 0. The Labute approximate surface area is 195 Å². The summed E-state index contributed by atoms with van der Waals surface area (Å²) in [6.45, 7) is 7.97. The lowest BCUT2D eigenvalue weighted by Crippen LogP contribution is -2.43. The summed E-state index contributed by atoms with van der Waals surface area (Å²) in [5, 5.41) is 8.37. The van der Waals surface area contributed by atoms with Crippen molar-refractivity contribution in [3.63, 3.8) is 0 Å². The maximum Gasteiger partial charge on any atom is 0.244 e. The molecule has 8 heteroatoms. The molecule has 1 aliphatic rings. The fourth-order valence-electron chi connectivity index (χ4n) is 4.36. The molecule has 33 heavy (non-hydrogen) atoms. The second-order valence-corrected chi connectivity index (χ2v) is 9.05. The molecule has 4 rings (SSSR count). The highest BCUT2D eigenvalue weighted by atomic mass is 16.5. The quantitative estimate of drug-likeness (QED) is 0.496. The SMILES string of the molecule is Cc1cc(C)n(CC(=O)N2CCC[C@@H](COc3ccc(CN(C)Cc4ccon4)cc3)C2)n1. The van der Waals surface area contributed by atoms with E-state index < -0.39 is 0 Å². The van der Waals surface area contributed by atoms with Gasteiger partial charge in [-0.05, 0) is 57.5 Å². The smallest absolute Gasteiger partial charge is 0.244 e. The van der Waals surface area contributed by atoms with Crippen LogP contribution in [0.25, 0.3) is 0 Å². The first kappa shape index (κ1) is 23.0. The van der Waals surface area contributed by atoms with Crippen LogP contribution in [0.4, 0.5) is 0 Å². The molecule has 176 valence electrons. The van der Waals surface area contributed by atoms with Gasteiger partial charge in [-0.1, -0.05) is 17.3 Å². The summed E-state index contributed by atoms with van der Waals surface area (Å²) in [4.78, 5) is 16.9. The van der Waals surface area contributed by atoms with Crippen LogP contribution in [0, 0.1) is 19.8 Å². The number of carbonyl (C=O) groups is 1. The average molecular weight is 452 g/mol. The van der Waals surface area contributed by atoms with Crippen LogP contribution < -0.4 is 4.74 Å². The molecule has 3 aromatic rings. The van der Waals surface area contributed by atoms with E-state index in [0.717, 1.165) is 61.9 Å². The highest BCUT2D eigenvalue weighted by molar-refractivity contribution is 5.76. The summed E-state index contributed by atoms with van der Waals surface area (Å²) in [6, 6.07) is 12.1. The van der Waals surface area contributed by atoms with Crippen LogP contribution in [0.2, 0.25) is 0 Å². The maximum atomic E-state index is 12.8. The lowest BCUT2D eigenvalue weighted by Gasteiger charge is -2.32. The molecule has 1 fully saturated rings. The highest BCUT2D eigenvalue weighted by Crippen LogP contribution is 2.20. The van der Waals surface area contributed by atoms with E-state index in [-0.39, 0.29) is 5.91 Å². The zero-order valence-electron chi connectivity index (χ0n) is 19.7. The molecule has 1 aromatic carbocycles.